The molecule has 100 valence electrons. The number of carbonyl (C=O) groups excluding carboxylic acids is 1. The molecule has 1 aromatic carbocycles. The summed E-state index contributed by atoms with van der Waals surface area (Å²) in [6.07, 6.45) is 3.22. The molecular weight excluding hydrogens is 246 g/mol. The lowest BCUT2D eigenvalue weighted by atomic mass is 10.1. The third-order valence-electron chi connectivity index (χ3n) is 2.62. The van der Waals surface area contributed by atoms with Gasteiger partial charge in [0.15, 0.2) is 0 Å². The molecule has 18 heavy (non-hydrogen) atoms. The Bertz CT molecular complexity index is 382. The molecule has 1 rings (SSSR count). The van der Waals surface area contributed by atoms with Crippen LogP contribution in [0.25, 0.3) is 0 Å². The van der Waals surface area contributed by atoms with E-state index in [1.165, 1.54) is 0 Å². The molecule has 0 bridgehead atoms. The maximum Gasteiger partial charge on any atom is 0.251 e. The van der Waals surface area contributed by atoms with Gasteiger partial charge >= 0.3 is 0 Å². The van der Waals surface area contributed by atoms with Crippen molar-refractivity contribution in [2.24, 2.45) is 0 Å². The number of benzene rings is 1. The second-order valence-corrected chi connectivity index (χ2v) is 5.15. The van der Waals surface area contributed by atoms with E-state index in [1.54, 1.807) is 17.8 Å². The van der Waals surface area contributed by atoms with E-state index in [0.717, 1.165) is 17.7 Å². The van der Waals surface area contributed by atoms with Crippen molar-refractivity contribution in [2.45, 2.75) is 31.6 Å². The minimum atomic E-state index is -0.451. The van der Waals surface area contributed by atoms with Gasteiger partial charge in [0.2, 0.25) is 0 Å². The zero-order valence-electron chi connectivity index (χ0n) is 11.0. The molecule has 0 heterocycles. The van der Waals surface area contributed by atoms with E-state index in [1.807, 2.05) is 31.4 Å². The first-order valence-electron chi connectivity index (χ1n) is 6.21. The lowest BCUT2D eigenvalue weighted by Crippen LogP contribution is -2.32. The highest BCUT2D eigenvalue weighted by Crippen LogP contribution is 2.11. The molecule has 0 radical (unpaired) electrons. The van der Waals surface area contributed by atoms with Crippen LogP contribution in [-0.4, -0.2) is 29.9 Å². The molecular formula is C14H21NO2S. The topological polar surface area (TPSA) is 49.3 Å². The van der Waals surface area contributed by atoms with Crippen LogP contribution in [0.15, 0.2) is 24.3 Å². The molecule has 0 spiro atoms. The number of amides is 1. The van der Waals surface area contributed by atoms with Gasteiger partial charge in [-0.3, -0.25) is 4.79 Å². The number of hydrogen-bond donors (Lipinski definition) is 2. The van der Waals surface area contributed by atoms with E-state index >= 15 is 0 Å². The molecule has 0 saturated heterocycles. The van der Waals surface area contributed by atoms with E-state index < -0.39 is 6.10 Å². The Kier molecular flexibility index (Phi) is 6.83. The maximum atomic E-state index is 11.9. The Morgan fingerprint density at radius 3 is 2.94 bits per heavy atom. The first-order valence-corrected chi connectivity index (χ1v) is 7.61. The third kappa shape index (κ3) is 5.10. The molecule has 0 aromatic heterocycles. The Morgan fingerprint density at radius 1 is 1.50 bits per heavy atom. The number of rotatable bonds is 7. The molecule has 0 saturated carbocycles. The molecule has 2 N–H and O–H groups in total. The van der Waals surface area contributed by atoms with Gasteiger partial charge in [0, 0.05) is 17.9 Å². The minimum absolute atomic E-state index is 0.117. The number of hydrogen-bond acceptors (Lipinski definition) is 3. The fourth-order valence-electron chi connectivity index (χ4n) is 1.72. The van der Waals surface area contributed by atoms with Crippen molar-refractivity contribution < 1.29 is 9.90 Å². The van der Waals surface area contributed by atoms with Crippen molar-refractivity contribution in [3.05, 3.63) is 35.4 Å². The zero-order chi connectivity index (χ0) is 13.4. The second kappa shape index (κ2) is 8.16. The average molecular weight is 267 g/mol. The fourth-order valence-corrected chi connectivity index (χ4v) is 2.23. The highest BCUT2D eigenvalue weighted by Gasteiger charge is 2.08. The summed E-state index contributed by atoms with van der Waals surface area (Å²) in [6.45, 7) is 2.33. The number of thioether (sulfide) groups is 1. The lowest BCUT2D eigenvalue weighted by molar-refractivity contribution is 0.0910. The van der Waals surface area contributed by atoms with E-state index in [4.69, 9.17) is 0 Å². The summed E-state index contributed by atoms with van der Waals surface area (Å²) in [7, 11) is 0. The summed E-state index contributed by atoms with van der Waals surface area (Å²) in [5.41, 5.74) is 1.80. The molecule has 3 nitrogen and oxygen atoms in total. The van der Waals surface area contributed by atoms with Crippen LogP contribution in [0.3, 0.4) is 0 Å². The molecule has 1 atom stereocenters. The van der Waals surface area contributed by atoms with Crippen LogP contribution in [0.2, 0.25) is 0 Å². The van der Waals surface area contributed by atoms with E-state index in [2.05, 4.69) is 5.32 Å². The highest BCUT2D eigenvalue weighted by molar-refractivity contribution is 7.97. The molecule has 1 unspecified atom stereocenters. The van der Waals surface area contributed by atoms with Gasteiger partial charge in [0.05, 0.1) is 6.10 Å². The average Bonchev–Trinajstić information content (AvgIpc) is 2.37. The maximum absolute atomic E-state index is 11.9. The number of aliphatic hydroxyl groups excluding tert-OH is 1. The highest BCUT2D eigenvalue weighted by atomic mass is 32.2. The third-order valence-corrected chi connectivity index (χ3v) is 3.24. The van der Waals surface area contributed by atoms with Crippen molar-refractivity contribution in [1.82, 2.24) is 5.32 Å². The molecule has 0 aliphatic rings. The summed E-state index contributed by atoms with van der Waals surface area (Å²) in [4.78, 5) is 11.9. The first kappa shape index (κ1) is 15.1. The van der Waals surface area contributed by atoms with Gasteiger partial charge in [0.25, 0.3) is 5.91 Å². The molecule has 0 aliphatic heterocycles. The molecule has 0 fully saturated rings. The summed E-state index contributed by atoms with van der Waals surface area (Å²) >= 11 is 1.73. The minimum Gasteiger partial charge on any atom is -0.391 e. The number of carbonyl (C=O) groups is 1. The van der Waals surface area contributed by atoms with Gasteiger partial charge in [0.1, 0.15) is 0 Å². The van der Waals surface area contributed by atoms with Gasteiger partial charge in [-0.15, -0.1) is 0 Å². The lowest BCUT2D eigenvalue weighted by Gasteiger charge is -2.11. The van der Waals surface area contributed by atoms with Crippen LogP contribution < -0.4 is 5.32 Å². The van der Waals surface area contributed by atoms with Crippen molar-refractivity contribution >= 4 is 17.7 Å². The van der Waals surface area contributed by atoms with Crippen molar-refractivity contribution in [2.75, 3.05) is 12.8 Å². The summed E-state index contributed by atoms with van der Waals surface area (Å²) < 4.78 is 0. The Labute approximate surface area is 113 Å². The Balaban J connectivity index is 2.53. The van der Waals surface area contributed by atoms with Crippen LogP contribution in [0.1, 0.15) is 35.7 Å². The van der Waals surface area contributed by atoms with E-state index in [0.29, 0.717) is 18.5 Å². The van der Waals surface area contributed by atoms with Gasteiger partial charge in [-0.2, -0.15) is 11.8 Å². The zero-order valence-corrected chi connectivity index (χ0v) is 11.8. The van der Waals surface area contributed by atoms with Crippen LogP contribution in [0, 0.1) is 0 Å². The second-order valence-electron chi connectivity index (χ2n) is 4.29. The van der Waals surface area contributed by atoms with Gasteiger partial charge in [-0.1, -0.05) is 25.5 Å². The summed E-state index contributed by atoms with van der Waals surface area (Å²) in [5, 5.41) is 12.3. The monoisotopic (exact) mass is 267 g/mol. The first-order chi connectivity index (χ1) is 8.67. The van der Waals surface area contributed by atoms with Crippen LogP contribution in [0.5, 0.6) is 0 Å². The van der Waals surface area contributed by atoms with Crippen molar-refractivity contribution in [1.29, 1.82) is 0 Å². The van der Waals surface area contributed by atoms with Crippen LogP contribution in [-0.2, 0) is 5.75 Å². The SMILES string of the molecule is CCCC(O)CNC(=O)c1cccc(CSC)c1. The Hall–Kier alpha value is -1.00. The summed E-state index contributed by atoms with van der Waals surface area (Å²) in [6, 6.07) is 7.60. The quantitative estimate of drug-likeness (QED) is 0.798. The molecule has 4 heteroatoms. The van der Waals surface area contributed by atoms with Gasteiger partial charge in [-0.05, 0) is 30.4 Å². The normalized spacial score (nSPS) is 12.2. The van der Waals surface area contributed by atoms with Crippen LogP contribution >= 0.6 is 11.8 Å². The predicted molar refractivity (Wildman–Crippen MR) is 76.9 cm³/mol. The van der Waals surface area contributed by atoms with Gasteiger partial charge < -0.3 is 10.4 Å². The molecule has 1 amide bonds. The largest absolute Gasteiger partial charge is 0.391 e. The number of nitrogens with one attached hydrogen (secondary N) is 1. The van der Waals surface area contributed by atoms with E-state index in [9.17, 15) is 9.90 Å². The molecule has 0 aliphatic carbocycles. The van der Waals surface area contributed by atoms with Crippen LogP contribution in [0.4, 0.5) is 0 Å². The number of aliphatic hydroxyl groups is 1. The standard InChI is InChI=1S/C14H21NO2S/c1-3-5-13(16)9-15-14(17)12-7-4-6-11(8-12)10-18-2/h4,6-8,13,16H,3,5,9-10H2,1-2H3,(H,15,17). The van der Waals surface area contributed by atoms with Gasteiger partial charge in [-0.25, -0.2) is 0 Å². The van der Waals surface area contributed by atoms with E-state index in [-0.39, 0.29) is 5.91 Å². The molecule has 1 aromatic rings. The predicted octanol–water partition coefficient (Wildman–Crippen LogP) is 2.44. The smallest absolute Gasteiger partial charge is 0.251 e. The van der Waals surface area contributed by atoms with Crippen molar-refractivity contribution in [3.8, 4) is 0 Å². The summed E-state index contributed by atoms with van der Waals surface area (Å²) in [5.74, 6) is 0.785. The fraction of sp³-hybridized carbons (Fsp3) is 0.500. The van der Waals surface area contributed by atoms with Crippen molar-refractivity contribution in [3.63, 3.8) is 0 Å². The Morgan fingerprint density at radius 2 is 2.28 bits per heavy atom.